The minimum atomic E-state index is -0.773. The Balaban J connectivity index is 2.22. The number of amides is 1. The van der Waals surface area contributed by atoms with Gasteiger partial charge in [-0.05, 0) is 37.4 Å². The zero-order valence-corrected chi connectivity index (χ0v) is 14.5. The van der Waals surface area contributed by atoms with E-state index in [9.17, 15) is 15.2 Å². The maximum absolute atomic E-state index is 12.4. The molecule has 0 fully saturated rings. The number of carbonyl (C=O) groups excluding carboxylic acids is 1. The molecule has 0 radical (unpaired) electrons. The van der Waals surface area contributed by atoms with Crippen molar-refractivity contribution in [2.75, 3.05) is 25.1 Å². The van der Waals surface area contributed by atoms with Crippen molar-refractivity contribution >= 4 is 23.5 Å². The molecule has 26 heavy (non-hydrogen) atoms. The number of carbonyl (C=O) groups is 1. The average molecular weight is 358 g/mol. The number of quaternary nitrogens is 2. The van der Waals surface area contributed by atoms with Crippen molar-refractivity contribution in [2.45, 2.75) is 6.17 Å². The Hall–Kier alpha value is -2.82. The quantitative estimate of drug-likeness (QED) is 0.163. The molecule has 3 atom stereocenters. The number of nitrogens with one attached hydrogen (secondary N) is 5. The SMILES string of the molecule is CNC(c1cccc(NC(=O)c2ccc(N)c(C=N)c2)c1)[NH+]([O-])[NH+](C)[O-]. The van der Waals surface area contributed by atoms with E-state index in [-0.39, 0.29) is 5.91 Å². The summed E-state index contributed by atoms with van der Waals surface area (Å²) in [6.45, 7) is 0. The third-order valence-corrected chi connectivity index (χ3v) is 3.88. The minimum Gasteiger partial charge on any atom is -0.584 e. The van der Waals surface area contributed by atoms with Gasteiger partial charge in [-0.25, -0.2) is 5.17 Å². The number of nitrogens with two attached hydrogens (primary N) is 1. The molecule has 1 amide bonds. The van der Waals surface area contributed by atoms with Gasteiger partial charge in [0.25, 0.3) is 5.91 Å². The second-order valence-electron chi connectivity index (χ2n) is 5.71. The van der Waals surface area contributed by atoms with E-state index in [4.69, 9.17) is 11.1 Å². The van der Waals surface area contributed by atoms with Gasteiger partial charge in [0.2, 0.25) is 6.17 Å². The van der Waals surface area contributed by atoms with E-state index in [0.717, 1.165) is 6.21 Å². The first-order valence-electron chi connectivity index (χ1n) is 7.90. The van der Waals surface area contributed by atoms with Crippen molar-refractivity contribution in [3.8, 4) is 0 Å². The first-order valence-corrected chi connectivity index (χ1v) is 7.90. The molecule has 0 heterocycles. The molecule has 0 aromatic heterocycles. The van der Waals surface area contributed by atoms with Crippen LogP contribution in [0.1, 0.15) is 27.7 Å². The van der Waals surface area contributed by atoms with Gasteiger partial charge in [-0.3, -0.25) is 10.1 Å². The maximum atomic E-state index is 12.4. The van der Waals surface area contributed by atoms with Crippen molar-refractivity contribution in [3.63, 3.8) is 0 Å². The normalized spacial score (nSPS) is 14.3. The fourth-order valence-electron chi connectivity index (χ4n) is 2.49. The molecule has 0 spiro atoms. The molecule has 3 unspecified atom stereocenters. The van der Waals surface area contributed by atoms with Crippen molar-refractivity contribution in [2.24, 2.45) is 0 Å². The van der Waals surface area contributed by atoms with Gasteiger partial charge in [-0.1, -0.05) is 12.1 Å². The van der Waals surface area contributed by atoms with Crippen molar-refractivity contribution < 1.29 is 15.1 Å². The lowest BCUT2D eigenvalue weighted by Gasteiger charge is -2.35. The summed E-state index contributed by atoms with van der Waals surface area (Å²) in [6, 6.07) is 11.4. The van der Waals surface area contributed by atoms with Crippen LogP contribution in [-0.4, -0.2) is 26.2 Å². The molecule has 0 aliphatic heterocycles. The molecular weight excluding hydrogens is 336 g/mol. The van der Waals surface area contributed by atoms with Crippen LogP contribution in [0.2, 0.25) is 0 Å². The van der Waals surface area contributed by atoms with Crippen LogP contribution in [0.5, 0.6) is 0 Å². The molecule has 0 bridgehead atoms. The molecule has 2 aromatic carbocycles. The third-order valence-electron chi connectivity index (χ3n) is 3.88. The van der Waals surface area contributed by atoms with Crippen molar-refractivity contribution in [3.05, 3.63) is 69.6 Å². The summed E-state index contributed by atoms with van der Waals surface area (Å²) < 4.78 is 0. The van der Waals surface area contributed by atoms with Gasteiger partial charge in [0.1, 0.15) is 7.05 Å². The molecule has 7 N–H and O–H groups in total. The van der Waals surface area contributed by atoms with Crippen LogP contribution < -0.4 is 26.7 Å². The Morgan fingerprint density at radius 2 is 2.00 bits per heavy atom. The van der Waals surface area contributed by atoms with Crippen LogP contribution in [0, 0.1) is 15.8 Å². The molecule has 9 nitrogen and oxygen atoms in total. The van der Waals surface area contributed by atoms with Gasteiger partial charge < -0.3 is 26.9 Å². The highest BCUT2D eigenvalue weighted by Gasteiger charge is 2.20. The lowest BCUT2D eigenvalue weighted by atomic mass is 10.1. The van der Waals surface area contributed by atoms with E-state index in [1.807, 2.05) is 0 Å². The first-order chi connectivity index (χ1) is 12.4. The molecule has 9 heteroatoms. The first kappa shape index (κ1) is 19.5. The van der Waals surface area contributed by atoms with Crippen LogP contribution >= 0.6 is 0 Å². The van der Waals surface area contributed by atoms with Gasteiger partial charge in [-0.2, -0.15) is 5.17 Å². The predicted octanol–water partition coefficient (Wildman–Crippen LogP) is -0.953. The number of rotatable bonds is 7. The molecule has 2 rings (SSSR count). The van der Waals surface area contributed by atoms with Crippen LogP contribution in [0.15, 0.2) is 42.5 Å². The summed E-state index contributed by atoms with van der Waals surface area (Å²) >= 11 is 0. The number of benzene rings is 2. The Labute approximate surface area is 151 Å². The van der Waals surface area contributed by atoms with Gasteiger partial charge in [0.05, 0.1) is 0 Å². The molecule has 138 valence electrons. The third kappa shape index (κ3) is 4.42. The van der Waals surface area contributed by atoms with Crippen LogP contribution in [0.4, 0.5) is 11.4 Å². The zero-order chi connectivity index (χ0) is 19.3. The van der Waals surface area contributed by atoms with Crippen LogP contribution in [-0.2, 0) is 0 Å². The molecule has 0 saturated carbocycles. The Morgan fingerprint density at radius 3 is 2.62 bits per heavy atom. The lowest BCUT2D eigenvalue weighted by molar-refractivity contribution is -1.47. The fourth-order valence-corrected chi connectivity index (χ4v) is 2.49. The fraction of sp³-hybridized carbons (Fsp3) is 0.176. The van der Waals surface area contributed by atoms with Crippen molar-refractivity contribution in [1.82, 2.24) is 5.32 Å². The maximum Gasteiger partial charge on any atom is 0.255 e. The second-order valence-corrected chi connectivity index (χ2v) is 5.71. The molecular formula is C17H22N6O3. The van der Waals surface area contributed by atoms with E-state index < -0.39 is 16.5 Å². The Kier molecular flexibility index (Phi) is 6.39. The second kappa shape index (κ2) is 8.52. The van der Waals surface area contributed by atoms with Gasteiger partial charge >= 0.3 is 0 Å². The van der Waals surface area contributed by atoms with Gasteiger partial charge in [0, 0.05) is 34.3 Å². The average Bonchev–Trinajstić information content (AvgIpc) is 2.62. The van der Waals surface area contributed by atoms with Gasteiger partial charge in [-0.15, -0.1) is 0 Å². The highest BCUT2D eigenvalue weighted by atomic mass is 16.7. The minimum absolute atomic E-state index is 0.355. The summed E-state index contributed by atoms with van der Waals surface area (Å²) in [5.41, 5.74) is 8.00. The summed E-state index contributed by atoms with van der Waals surface area (Å²) in [4.78, 5) is 12.4. The van der Waals surface area contributed by atoms with E-state index in [1.165, 1.54) is 13.1 Å². The standard InChI is InChI=1S/C17H22N6O3/c1-20-16(23(26)22(2)25)11-4-3-5-14(9-11)21-17(24)12-6-7-15(19)13(8-12)10-18/h3-10,16,18,20,22-23H,19H2,1-2H3,(H,21,24). The lowest BCUT2D eigenvalue weighted by Crippen LogP contribution is -3.55. The number of hydrogen-bond acceptors (Lipinski definition) is 6. The molecule has 2 aromatic rings. The Bertz CT molecular complexity index is 796. The number of nitrogen functional groups attached to an aromatic ring is 1. The number of hydrogen-bond donors (Lipinski definition) is 6. The predicted molar refractivity (Wildman–Crippen MR) is 99.5 cm³/mol. The number of hydroxylamine groups is 2. The van der Waals surface area contributed by atoms with E-state index >= 15 is 0 Å². The molecule has 0 saturated heterocycles. The van der Waals surface area contributed by atoms with E-state index in [1.54, 1.807) is 43.4 Å². The molecule has 0 aliphatic rings. The largest absolute Gasteiger partial charge is 0.584 e. The van der Waals surface area contributed by atoms with E-state index in [0.29, 0.717) is 28.1 Å². The van der Waals surface area contributed by atoms with Crippen LogP contribution in [0.3, 0.4) is 0 Å². The van der Waals surface area contributed by atoms with Crippen LogP contribution in [0.25, 0.3) is 0 Å². The highest BCUT2D eigenvalue weighted by molar-refractivity contribution is 6.05. The smallest absolute Gasteiger partial charge is 0.255 e. The van der Waals surface area contributed by atoms with E-state index in [2.05, 4.69) is 10.6 Å². The number of anilines is 2. The topological polar surface area (TPSA) is 146 Å². The summed E-state index contributed by atoms with van der Waals surface area (Å²) in [5, 5.41) is 35.1. The summed E-state index contributed by atoms with van der Waals surface area (Å²) in [7, 11) is 2.81. The highest BCUT2D eigenvalue weighted by Crippen LogP contribution is 2.17. The molecule has 0 aliphatic carbocycles. The monoisotopic (exact) mass is 358 g/mol. The summed E-state index contributed by atoms with van der Waals surface area (Å²) in [6.07, 6.45) is 0.308. The van der Waals surface area contributed by atoms with Crippen molar-refractivity contribution in [1.29, 1.82) is 5.41 Å². The zero-order valence-electron chi connectivity index (χ0n) is 14.5. The summed E-state index contributed by atoms with van der Waals surface area (Å²) in [5.74, 6) is -0.371. The Morgan fingerprint density at radius 1 is 1.27 bits per heavy atom. The van der Waals surface area contributed by atoms with Gasteiger partial charge in [0.15, 0.2) is 0 Å².